The van der Waals surface area contributed by atoms with Crippen LogP contribution in [0, 0.1) is 11.8 Å². The van der Waals surface area contributed by atoms with Crippen molar-refractivity contribution in [3.05, 3.63) is 28.9 Å². The number of fused-ring (bicyclic) bond motifs is 4. The molecule has 0 radical (unpaired) electrons. The predicted octanol–water partition coefficient (Wildman–Crippen LogP) is 2.14. The smallest absolute Gasteiger partial charge is 0.369 e. The van der Waals surface area contributed by atoms with Gasteiger partial charge in [-0.1, -0.05) is 17.5 Å². The summed E-state index contributed by atoms with van der Waals surface area (Å²) in [5.41, 5.74) is 5.26. The average molecular weight is 664 g/mol. The van der Waals surface area contributed by atoms with Crippen molar-refractivity contribution in [2.45, 2.75) is 56.1 Å². The van der Waals surface area contributed by atoms with E-state index < -0.39 is 55.5 Å². The van der Waals surface area contributed by atoms with Crippen LogP contribution in [0.2, 0.25) is 0 Å². The third-order valence-corrected chi connectivity index (χ3v) is 10.8. The first kappa shape index (κ1) is 30.0. The number of rotatable bonds is 3. The van der Waals surface area contributed by atoms with Gasteiger partial charge in [-0.2, -0.15) is 4.98 Å². The van der Waals surface area contributed by atoms with Gasteiger partial charge >= 0.3 is 13.5 Å². The molecule has 1 aliphatic heterocycles. The number of alkyl halides is 1. The molecule has 0 spiro atoms. The summed E-state index contributed by atoms with van der Waals surface area (Å²) in [6.45, 7) is -7.99. The van der Waals surface area contributed by atoms with Crippen LogP contribution in [-0.4, -0.2) is 77.5 Å². The fourth-order valence-electron chi connectivity index (χ4n) is 5.78. The van der Waals surface area contributed by atoms with E-state index in [0.717, 1.165) is 0 Å². The largest absolute Gasteiger partial charge is 0.386 e. The second-order valence-electron chi connectivity index (χ2n) is 10.4. The highest BCUT2D eigenvalue weighted by molar-refractivity contribution is 8.44. The van der Waals surface area contributed by atoms with Crippen LogP contribution in [-0.2, 0) is 34.5 Å². The molecule has 16 nitrogen and oxygen atoms in total. The van der Waals surface area contributed by atoms with E-state index in [1.807, 2.05) is 0 Å². The first-order valence-corrected chi connectivity index (χ1v) is 18.4. The number of aromatic nitrogens is 7. The van der Waals surface area contributed by atoms with E-state index in [0.29, 0.717) is 12.2 Å². The number of halogens is 1. The molecule has 3 aromatic heterocycles. The summed E-state index contributed by atoms with van der Waals surface area (Å²) in [6.07, 6.45) is 0.489. The lowest BCUT2D eigenvalue weighted by Gasteiger charge is -2.28. The van der Waals surface area contributed by atoms with Gasteiger partial charge < -0.3 is 29.5 Å². The molecule has 2 unspecified atom stereocenters. The van der Waals surface area contributed by atoms with E-state index in [2.05, 4.69) is 47.8 Å². The highest BCUT2D eigenvalue weighted by atomic mass is 32.7. The average Bonchev–Trinajstić information content (AvgIpc) is 3.59. The van der Waals surface area contributed by atoms with E-state index in [-0.39, 0.29) is 55.5 Å². The number of nitrogens with zero attached hydrogens (tertiary/aromatic N) is 6. The molecule has 5 N–H and O–H groups in total. The van der Waals surface area contributed by atoms with Crippen LogP contribution in [0.5, 0.6) is 0 Å². The molecule has 2 aliphatic carbocycles. The predicted molar refractivity (Wildman–Crippen MR) is 154 cm³/mol. The molecular weight excluding hydrogens is 635 g/mol. The molecule has 2 bridgehead atoms. The molecule has 42 heavy (non-hydrogen) atoms. The number of aromatic amines is 1. The van der Waals surface area contributed by atoms with Crippen molar-refractivity contribution in [1.82, 2.24) is 34.9 Å². The fraction of sp³-hybridized carbons (Fsp3) is 0.619. The van der Waals surface area contributed by atoms with Crippen LogP contribution in [0.15, 0.2) is 23.4 Å². The van der Waals surface area contributed by atoms with Crippen LogP contribution >= 0.6 is 25.8 Å². The molecule has 6 rings (SSSR count). The summed E-state index contributed by atoms with van der Waals surface area (Å²) in [5.74, 6) is -0.479. The van der Waals surface area contributed by atoms with Crippen molar-refractivity contribution in [1.29, 1.82) is 0 Å². The molecular formula is C21H28FN9O7P2S2. The number of H-pyrrole nitrogens is 1. The zero-order valence-corrected chi connectivity index (χ0v) is 25.3. The quantitative estimate of drug-likeness (QED) is 0.201. The fourth-order valence-corrected chi connectivity index (χ4v) is 8.89. The van der Waals surface area contributed by atoms with Crippen molar-refractivity contribution in [3.8, 4) is 0 Å². The summed E-state index contributed by atoms with van der Waals surface area (Å²) in [6, 6.07) is 0.284. The molecule has 9 atom stereocenters. The second kappa shape index (κ2) is 11.8. The van der Waals surface area contributed by atoms with Crippen LogP contribution in [0.3, 0.4) is 0 Å². The first-order chi connectivity index (χ1) is 20.0. The molecule has 228 valence electrons. The van der Waals surface area contributed by atoms with E-state index in [1.165, 1.54) is 17.2 Å². The summed E-state index contributed by atoms with van der Waals surface area (Å²) < 4.78 is 53.4. The van der Waals surface area contributed by atoms with Crippen LogP contribution in [0.25, 0.3) is 11.2 Å². The Morgan fingerprint density at radius 1 is 1.29 bits per heavy atom. The molecule has 1 saturated heterocycles. The monoisotopic (exact) mass is 663 g/mol. The third kappa shape index (κ3) is 6.39. The van der Waals surface area contributed by atoms with Crippen LogP contribution < -0.4 is 16.6 Å². The van der Waals surface area contributed by atoms with Gasteiger partial charge in [-0.15, -0.1) is 5.10 Å². The summed E-state index contributed by atoms with van der Waals surface area (Å²) in [5, 5.41) is 11.0. The Labute approximate surface area is 248 Å². The first-order valence-electron chi connectivity index (χ1n) is 13.1. The Bertz CT molecular complexity index is 1600. The minimum atomic E-state index is -3.93. The number of anilines is 2. The normalized spacial score (nSPS) is 37.7. The maximum Gasteiger partial charge on any atom is 0.386 e. The number of nitrogens with one attached hydrogen (secondary N) is 2. The number of hydrogen-bond acceptors (Lipinski definition) is 14. The van der Waals surface area contributed by atoms with Gasteiger partial charge in [0.05, 0.1) is 31.4 Å². The second-order valence-corrected chi connectivity index (χ2v) is 16.1. The lowest BCUT2D eigenvalue weighted by Crippen LogP contribution is -2.33. The Morgan fingerprint density at radius 2 is 2.12 bits per heavy atom. The number of nitrogens with two attached hydrogens (primary N) is 1. The Kier molecular flexibility index (Phi) is 8.41. The third-order valence-electron chi connectivity index (χ3n) is 7.61. The van der Waals surface area contributed by atoms with Crippen molar-refractivity contribution >= 4 is 60.5 Å². The van der Waals surface area contributed by atoms with Gasteiger partial charge in [-0.25, -0.2) is 23.6 Å². The van der Waals surface area contributed by atoms with Gasteiger partial charge in [0.2, 0.25) is 5.95 Å². The maximum absolute atomic E-state index is 15.7. The highest BCUT2D eigenvalue weighted by Crippen LogP contribution is 2.59. The minimum absolute atomic E-state index is 0.0297. The number of thiol groups is 1. The van der Waals surface area contributed by atoms with Gasteiger partial charge in [-0.3, -0.25) is 14.3 Å². The Balaban J connectivity index is 1.24. The lowest BCUT2D eigenvalue weighted by atomic mass is 10.0. The van der Waals surface area contributed by atoms with E-state index in [4.69, 9.17) is 35.6 Å². The number of hydrogen-bond donors (Lipinski definition) is 5. The Hall–Kier alpha value is -2.08. The molecule has 3 aliphatic rings. The zero-order valence-electron chi connectivity index (χ0n) is 21.8. The molecule has 4 heterocycles. The van der Waals surface area contributed by atoms with Crippen LogP contribution in [0.4, 0.5) is 16.2 Å². The van der Waals surface area contributed by atoms with Crippen molar-refractivity contribution in [3.63, 3.8) is 0 Å². The topological polar surface area (TPSA) is 215 Å². The Morgan fingerprint density at radius 3 is 2.90 bits per heavy atom. The molecule has 2 saturated carbocycles. The van der Waals surface area contributed by atoms with Crippen molar-refractivity contribution < 1.29 is 31.9 Å². The summed E-state index contributed by atoms with van der Waals surface area (Å²) in [7, 11) is 0. The van der Waals surface area contributed by atoms with Gasteiger partial charge in [0, 0.05) is 6.20 Å². The SMILES string of the molecule is Nc1nc2c(nnn2[C@@H]2C[C@@H]3COP(O)(=S)O[C@@H]4[C@@H](CCOP(=O)(S)O[C@@H]2C3)C[C@@H](Nc2ccncn2)[C@@H]4F)c(=O)[nH]1. The van der Waals surface area contributed by atoms with Crippen molar-refractivity contribution in [2.75, 3.05) is 24.3 Å². The van der Waals surface area contributed by atoms with Gasteiger partial charge in [0.1, 0.15) is 24.4 Å². The van der Waals surface area contributed by atoms with Crippen molar-refractivity contribution in [2.24, 2.45) is 11.8 Å². The summed E-state index contributed by atoms with van der Waals surface area (Å²) >= 11 is 9.48. The molecule has 3 aromatic rings. The molecule has 0 aromatic carbocycles. The van der Waals surface area contributed by atoms with E-state index >= 15 is 4.39 Å². The van der Waals surface area contributed by atoms with E-state index in [9.17, 15) is 14.3 Å². The van der Waals surface area contributed by atoms with Gasteiger partial charge in [0.15, 0.2) is 11.2 Å². The van der Waals surface area contributed by atoms with E-state index in [1.54, 1.807) is 6.07 Å². The standard InChI is InChI=1S/C21H28FN9O7P2S2/c22-16-12(26-15-1-3-24-9-25-15)7-11-2-4-35-39(33,41)37-14-6-10(8-36-40(34,42)38-18(11)16)5-13(14)31-19-17(29-30-31)20(32)28-21(23)27-19/h1,3,9-14,16,18H,2,4-8H2,(H,33,41)(H,34,42)(H,24,25,26)(H3,23,27,28,32)/t10-,11-,12+,13+,14+,16-,18+,39?,40?/m0/s1. The van der Waals surface area contributed by atoms with Gasteiger partial charge in [0.25, 0.3) is 5.56 Å². The molecule has 3 fully saturated rings. The minimum Gasteiger partial charge on any atom is -0.369 e. The summed E-state index contributed by atoms with van der Waals surface area (Å²) in [4.78, 5) is 37.7. The number of nitrogen functional groups attached to an aromatic ring is 1. The van der Waals surface area contributed by atoms with Crippen LogP contribution in [0.1, 0.15) is 31.7 Å². The highest BCUT2D eigenvalue weighted by Gasteiger charge is 2.48. The molecule has 0 amide bonds. The molecule has 21 heteroatoms. The lowest BCUT2D eigenvalue weighted by molar-refractivity contribution is 0.0499. The maximum atomic E-state index is 15.7. The zero-order chi connectivity index (χ0) is 29.6. The van der Waals surface area contributed by atoms with Gasteiger partial charge in [-0.05, 0) is 55.4 Å².